The molecule has 0 atom stereocenters. The third-order valence-corrected chi connectivity index (χ3v) is 5.18. The molecule has 1 amide bonds. The molecule has 0 aliphatic rings. The maximum absolute atomic E-state index is 12.3. The molecule has 0 heterocycles. The van der Waals surface area contributed by atoms with E-state index in [0.717, 1.165) is 5.56 Å². The molecule has 0 aromatic heterocycles. The Bertz CT molecular complexity index is 915. The fraction of sp³-hybridized carbons (Fsp3) is 0.235. The molecule has 26 heavy (non-hydrogen) atoms. The zero-order valence-electron chi connectivity index (χ0n) is 14.5. The standard InChI is InChI=1S/C17H19ClN2O5S/c1-11-4-6-16(25-3)14(8-11)20-17(21)10-19-26(22,23)12-5-7-15(24-2)13(18)9-12/h4-9,19H,10H2,1-3H3,(H,20,21). The summed E-state index contributed by atoms with van der Waals surface area (Å²) >= 11 is 5.94. The van der Waals surface area contributed by atoms with Gasteiger partial charge in [0.05, 0.1) is 36.4 Å². The van der Waals surface area contributed by atoms with E-state index in [1.807, 2.05) is 13.0 Å². The third kappa shape index (κ3) is 4.87. The van der Waals surface area contributed by atoms with Crippen molar-refractivity contribution < 1.29 is 22.7 Å². The molecular weight excluding hydrogens is 380 g/mol. The van der Waals surface area contributed by atoms with Crippen LogP contribution in [0.3, 0.4) is 0 Å². The van der Waals surface area contributed by atoms with E-state index in [9.17, 15) is 13.2 Å². The summed E-state index contributed by atoms with van der Waals surface area (Å²) in [6, 6.07) is 9.32. The molecule has 0 radical (unpaired) electrons. The smallest absolute Gasteiger partial charge is 0.241 e. The van der Waals surface area contributed by atoms with Gasteiger partial charge in [-0.2, -0.15) is 0 Å². The van der Waals surface area contributed by atoms with Gasteiger partial charge in [-0.3, -0.25) is 4.79 Å². The molecule has 2 aromatic carbocycles. The number of hydrogen-bond acceptors (Lipinski definition) is 5. The number of carbonyl (C=O) groups is 1. The van der Waals surface area contributed by atoms with Crippen LogP contribution in [0.1, 0.15) is 5.56 Å². The van der Waals surface area contributed by atoms with Crippen LogP contribution in [-0.4, -0.2) is 35.1 Å². The van der Waals surface area contributed by atoms with Gasteiger partial charge in [-0.05, 0) is 42.8 Å². The Morgan fingerprint density at radius 2 is 1.73 bits per heavy atom. The normalized spacial score (nSPS) is 11.1. The first kappa shape index (κ1) is 20.0. The molecule has 140 valence electrons. The number of hydrogen-bond donors (Lipinski definition) is 2. The minimum absolute atomic E-state index is 0.0655. The topological polar surface area (TPSA) is 93.7 Å². The van der Waals surface area contributed by atoms with Gasteiger partial charge >= 0.3 is 0 Å². The van der Waals surface area contributed by atoms with E-state index in [2.05, 4.69) is 10.0 Å². The number of amides is 1. The lowest BCUT2D eigenvalue weighted by atomic mass is 10.2. The fourth-order valence-corrected chi connectivity index (χ4v) is 3.50. The molecule has 0 bridgehead atoms. The average molecular weight is 399 g/mol. The average Bonchev–Trinajstić information content (AvgIpc) is 2.60. The maximum atomic E-state index is 12.3. The van der Waals surface area contributed by atoms with Crippen LogP contribution in [0.4, 0.5) is 5.69 Å². The van der Waals surface area contributed by atoms with E-state index < -0.39 is 22.5 Å². The molecule has 0 aliphatic carbocycles. The van der Waals surface area contributed by atoms with Crippen molar-refractivity contribution in [2.24, 2.45) is 0 Å². The van der Waals surface area contributed by atoms with Crippen LogP contribution in [0.2, 0.25) is 5.02 Å². The molecule has 2 N–H and O–H groups in total. The Kier molecular flexibility index (Phi) is 6.47. The third-order valence-electron chi connectivity index (χ3n) is 3.49. The van der Waals surface area contributed by atoms with Gasteiger partial charge < -0.3 is 14.8 Å². The van der Waals surface area contributed by atoms with E-state index in [-0.39, 0.29) is 9.92 Å². The first-order valence-corrected chi connectivity index (χ1v) is 9.40. The Morgan fingerprint density at radius 1 is 1.08 bits per heavy atom. The molecule has 0 unspecified atom stereocenters. The molecule has 0 spiro atoms. The van der Waals surface area contributed by atoms with Crippen LogP contribution in [0, 0.1) is 6.92 Å². The van der Waals surface area contributed by atoms with Gasteiger partial charge in [0.15, 0.2) is 0 Å². The molecule has 9 heteroatoms. The number of halogens is 1. The van der Waals surface area contributed by atoms with Gasteiger partial charge in [-0.1, -0.05) is 17.7 Å². The first-order chi connectivity index (χ1) is 12.3. The number of carbonyl (C=O) groups excluding carboxylic acids is 1. The number of benzene rings is 2. The number of nitrogens with one attached hydrogen (secondary N) is 2. The van der Waals surface area contributed by atoms with E-state index >= 15 is 0 Å². The van der Waals surface area contributed by atoms with Crippen molar-refractivity contribution in [1.82, 2.24) is 4.72 Å². The summed E-state index contributed by atoms with van der Waals surface area (Å²) in [6.45, 7) is 1.42. The summed E-state index contributed by atoms with van der Waals surface area (Å²) in [5.41, 5.74) is 1.39. The van der Waals surface area contributed by atoms with Crippen LogP contribution in [-0.2, 0) is 14.8 Å². The van der Waals surface area contributed by atoms with Crippen LogP contribution in [0.25, 0.3) is 0 Å². The Balaban J connectivity index is 2.06. The van der Waals surface area contributed by atoms with Crippen LogP contribution >= 0.6 is 11.6 Å². The summed E-state index contributed by atoms with van der Waals surface area (Å²) in [6.07, 6.45) is 0. The lowest BCUT2D eigenvalue weighted by Gasteiger charge is -2.12. The monoisotopic (exact) mass is 398 g/mol. The number of aryl methyl sites for hydroxylation is 1. The van der Waals surface area contributed by atoms with E-state index in [1.165, 1.54) is 32.4 Å². The quantitative estimate of drug-likeness (QED) is 0.747. The molecule has 0 saturated heterocycles. The largest absolute Gasteiger partial charge is 0.495 e. The maximum Gasteiger partial charge on any atom is 0.241 e. The van der Waals surface area contributed by atoms with E-state index in [1.54, 1.807) is 12.1 Å². The van der Waals surface area contributed by atoms with Crippen LogP contribution in [0.5, 0.6) is 11.5 Å². The fourth-order valence-electron chi connectivity index (χ4n) is 2.17. The van der Waals surface area contributed by atoms with Crippen molar-refractivity contribution >= 4 is 33.2 Å². The predicted octanol–water partition coefficient (Wildman–Crippen LogP) is 2.58. The number of rotatable bonds is 7. The number of anilines is 1. The summed E-state index contributed by atoms with van der Waals surface area (Å²) < 4.78 is 37.0. The van der Waals surface area contributed by atoms with Crippen molar-refractivity contribution in [3.05, 3.63) is 47.0 Å². The highest BCUT2D eigenvalue weighted by Gasteiger charge is 2.18. The minimum Gasteiger partial charge on any atom is -0.495 e. The Morgan fingerprint density at radius 3 is 2.35 bits per heavy atom. The molecule has 0 aliphatic heterocycles. The summed E-state index contributed by atoms with van der Waals surface area (Å²) in [5.74, 6) is 0.306. The Labute approximate surface area is 157 Å². The van der Waals surface area contributed by atoms with Crippen LogP contribution < -0.4 is 19.5 Å². The highest BCUT2D eigenvalue weighted by Crippen LogP contribution is 2.27. The molecule has 0 saturated carbocycles. The summed E-state index contributed by atoms with van der Waals surface area (Å²) in [7, 11) is -0.990. The summed E-state index contributed by atoms with van der Waals surface area (Å²) in [4.78, 5) is 12.0. The highest BCUT2D eigenvalue weighted by molar-refractivity contribution is 7.89. The first-order valence-electron chi connectivity index (χ1n) is 7.54. The van der Waals surface area contributed by atoms with Gasteiger partial charge in [0.1, 0.15) is 11.5 Å². The molecular formula is C17H19ClN2O5S. The zero-order valence-corrected chi connectivity index (χ0v) is 16.1. The number of ether oxygens (including phenoxy) is 2. The van der Waals surface area contributed by atoms with Crippen molar-refractivity contribution in [2.45, 2.75) is 11.8 Å². The zero-order chi connectivity index (χ0) is 19.3. The lowest BCUT2D eigenvalue weighted by molar-refractivity contribution is -0.115. The minimum atomic E-state index is -3.90. The number of sulfonamides is 1. The number of methoxy groups -OCH3 is 2. The second kappa shape index (κ2) is 8.39. The van der Waals surface area contributed by atoms with Gasteiger partial charge in [0, 0.05) is 0 Å². The van der Waals surface area contributed by atoms with E-state index in [0.29, 0.717) is 17.2 Å². The van der Waals surface area contributed by atoms with Crippen molar-refractivity contribution in [3.63, 3.8) is 0 Å². The van der Waals surface area contributed by atoms with Crippen molar-refractivity contribution in [3.8, 4) is 11.5 Å². The predicted molar refractivity (Wildman–Crippen MR) is 99.6 cm³/mol. The van der Waals surface area contributed by atoms with Gasteiger partial charge in [-0.15, -0.1) is 0 Å². The van der Waals surface area contributed by atoms with Crippen molar-refractivity contribution in [1.29, 1.82) is 0 Å². The highest BCUT2D eigenvalue weighted by atomic mass is 35.5. The second-order valence-corrected chi connectivity index (χ2v) is 7.55. The summed E-state index contributed by atoms with van der Waals surface area (Å²) in [5, 5.41) is 2.78. The van der Waals surface area contributed by atoms with Crippen molar-refractivity contribution in [2.75, 3.05) is 26.1 Å². The molecule has 0 fully saturated rings. The SMILES string of the molecule is COc1ccc(S(=O)(=O)NCC(=O)Nc2cc(C)ccc2OC)cc1Cl. The molecule has 2 rings (SSSR count). The molecule has 7 nitrogen and oxygen atoms in total. The van der Waals surface area contributed by atoms with Gasteiger partial charge in [-0.25, -0.2) is 13.1 Å². The lowest BCUT2D eigenvalue weighted by Crippen LogP contribution is -2.33. The molecule has 2 aromatic rings. The second-order valence-electron chi connectivity index (χ2n) is 5.37. The Hall–Kier alpha value is -2.29. The van der Waals surface area contributed by atoms with Gasteiger partial charge in [0.2, 0.25) is 15.9 Å². The van der Waals surface area contributed by atoms with Gasteiger partial charge in [0.25, 0.3) is 0 Å². The van der Waals surface area contributed by atoms with E-state index in [4.69, 9.17) is 21.1 Å². The van der Waals surface area contributed by atoms with Crippen LogP contribution in [0.15, 0.2) is 41.3 Å².